The molecule has 4 atom stereocenters. The van der Waals surface area contributed by atoms with Crippen molar-refractivity contribution in [2.45, 2.75) is 24.0 Å². The Kier molecular flexibility index (Phi) is 1.68. The zero-order valence-corrected chi connectivity index (χ0v) is 6.84. The Morgan fingerprint density at radius 3 is 2.58 bits per heavy atom. The summed E-state index contributed by atoms with van der Waals surface area (Å²) in [5.74, 6) is 0. The second-order valence-corrected chi connectivity index (χ2v) is 3.58. The van der Waals surface area contributed by atoms with E-state index in [0.717, 1.165) is 0 Å². The van der Waals surface area contributed by atoms with Crippen molar-refractivity contribution in [3.05, 3.63) is 0 Å². The van der Waals surface area contributed by atoms with Crippen molar-refractivity contribution in [2.75, 3.05) is 20.2 Å². The molecule has 2 unspecified atom stereocenters. The van der Waals surface area contributed by atoms with Crippen LogP contribution in [0.2, 0.25) is 0 Å². The standard InChI is InChI=1S/C7H13NO4/c1-8-2-7(3-9)5(10)4(8)6(11)12-7/h4-6,9-11H,2-3H2,1H3/t4?,5?,6-,7-/m1/s1. The lowest BCUT2D eigenvalue weighted by atomic mass is 10.0. The van der Waals surface area contributed by atoms with Gasteiger partial charge in [0.25, 0.3) is 0 Å². The summed E-state index contributed by atoms with van der Waals surface area (Å²) in [4.78, 5) is 1.80. The molecule has 0 aliphatic carbocycles. The van der Waals surface area contributed by atoms with E-state index in [1.165, 1.54) is 0 Å². The van der Waals surface area contributed by atoms with Gasteiger partial charge in [0.2, 0.25) is 0 Å². The summed E-state index contributed by atoms with van der Waals surface area (Å²) < 4.78 is 5.09. The molecule has 2 saturated heterocycles. The van der Waals surface area contributed by atoms with E-state index >= 15 is 0 Å². The Labute approximate surface area is 70.2 Å². The van der Waals surface area contributed by atoms with Gasteiger partial charge in [-0.25, -0.2) is 0 Å². The number of ether oxygens (including phenoxy) is 1. The number of rotatable bonds is 1. The molecule has 70 valence electrons. The molecule has 0 radical (unpaired) electrons. The third-order valence-electron chi connectivity index (χ3n) is 2.80. The van der Waals surface area contributed by atoms with Crippen LogP contribution >= 0.6 is 0 Å². The Hall–Kier alpha value is -0.200. The molecule has 0 aromatic heterocycles. The summed E-state index contributed by atoms with van der Waals surface area (Å²) >= 11 is 0. The van der Waals surface area contributed by atoms with Crippen LogP contribution in [0.25, 0.3) is 0 Å². The highest BCUT2D eigenvalue weighted by Crippen LogP contribution is 2.39. The SMILES string of the molecule is CN1C[C@]2(CO)O[C@@H](O)C1C2O. The smallest absolute Gasteiger partial charge is 0.173 e. The summed E-state index contributed by atoms with van der Waals surface area (Å²) in [6.07, 6.45) is -1.77. The van der Waals surface area contributed by atoms with E-state index in [9.17, 15) is 10.2 Å². The van der Waals surface area contributed by atoms with Gasteiger partial charge in [0.05, 0.1) is 12.6 Å². The highest BCUT2D eigenvalue weighted by atomic mass is 16.6. The van der Waals surface area contributed by atoms with Crippen molar-refractivity contribution in [3.63, 3.8) is 0 Å². The monoisotopic (exact) mass is 175 g/mol. The number of hydrogen-bond acceptors (Lipinski definition) is 5. The van der Waals surface area contributed by atoms with Crippen molar-refractivity contribution in [1.82, 2.24) is 4.90 Å². The Morgan fingerprint density at radius 1 is 1.58 bits per heavy atom. The lowest BCUT2D eigenvalue weighted by molar-refractivity contribution is -0.198. The molecule has 2 fully saturated rings. The number of likely N-dealkylation sites (tertiary alicyclic amines) is 1. The number of morpholine rings is 1. The number of likely N-dealkylation sites (N-methyl/N-ethyl adjacent to an activating group) is 1. The minimum atomic E-state index is -0.981. The number of nitrogens with zero attached hydrogens (tertiary/aromatic N) is 1. The van der Waals surface area contributed by atoms with Gasteiger partial charge >= 0.3 is 0 Å². The zero-order chi connectivity index (χ0) is 8.93. The van der Waals surface area contributed by atoms with E-state index in [0.29, 0.717) is 6.54 Å². The fourth-order valence-electron chi connectivity index (χ4n) is 2.14. The van der Waals surface area contributed by atoms with E-state index in [4.69, 9.17) is 9.84 Å². The lowest BCUT2D eigenvalue weighted by Gasteiger charge is -2.31. The third-order valence-corrected chi connectivity index (χ3v) is 2.80. The predicted molar refractivity (Wildman–Crippen MR) is 39.3 cm³/mol. The first-order valence-electron chi connectivity index (χ1n) is 3.96. The molecule has 0 saturated carbocycles. The summed E-state index contributed by atoms with van der Waals surface area (Å²) in [5.41, 5.74) is -0.959. The van der Waals surface area contributed by atoms with Crippen molar-refractivity contribution < 1.29 is 20.1 Å². The van der Waals surface area contributed by atoms with Crippen LogP contribution in [0.15, 0.2) is 0 Å². The Bertz CT molecular complexity index is 186. The number of fused-ring (bicyclic) bond motifs is 2. The van der Waals surface area contributed by atoms with Crippen LogP contribution in [0.3, 0.4) is 0 Å². The highest BCUT2D eigenvalue weighted by molar-refractivity contribution is 5.10. The molecule has 12 heavy (non-hydrogen) atoms. The minimum Gasteiger partial charge on any atom is -0.393 e. The number of aliphatic hydroxyl groups excluding tert-OH is 3. The van der Waals surface area contributed by atoms with Gasteiger partial charge < -0.3 is 20.1 Å². The predicted octanol–water partition coefficient (Wildman–Crippen LogP) is -2.26. The van der Waals surface area contributed by atoms with Crippen molar-refractivity contribution in [1.29, 1.82) is 0 Å². The second-order valence-electron chi connectivity index (χ2n) is 3.58. The molecular weight excluding hydrogens is 162 g/mol. The van der Waals surface area contributed by atoms with Gasteiger partial charge in [-0.05, 0) is 7.05 Å². The van der Waals surface area contributed by atoms with E-state index in [-0.39, 0.29) is 6.61 Å². The molecule has 0 aromatic carbocycles. The molecular formula is C7H13NO4. The molecule has 3 N–H and O–H groups in total. The van der Waals surface area contributed by atoms with Gasteiger partial charge in [-0.2, -0.15) is 0 Å². The zero-order valence-electron chi connectivity index (χ0n) is 6.84. The van der Waals surface area contributed by atoms with E-state index in [2.05, 4.69) is 0 Å². The molecule has 0 amide bonds. The summed E-state index contributed by atoms with van der Waals surface area (Å²) in [7, 11) is 1.79. The molecule has 2 bridgehead atoms. The van der Waals surface area contributed by atoms with Crippen molar-refractivity contribution in [3.8, 4) is 0 Å². The van der Waals surface area contributed by atoms with E-state index in [1.54, 1.807) is 11.9 Å². The molecule has 2 aliphatic heterocycles. The second kappa shape index (κ2) is 2.40. The average molecular weight is 175 g/mol. The summed E-state index contributed by atoms with van der Waals surface area (Å²) in [5, 5.41) is 28.0. The van der Waals surface area contributed by atoms with Crippen LogP contribution in [0.1, 0.15) is 0 Å². The molecule has 2 rings (SSSR count). The molecule has 5 heteroatoms. The molecule has 0 spiro atoms. The van der Waals surface area contributed by atoms with Gasteiger partial charge in [0.1, 0.15) is 11.7 Å². The normalized spacial score (nSPS) is 53.5. The number of aliphatic hydroxyl groups is 3. The third kappa shape index (κ3) is 0.800. The number of hydrogen-bond donors (Lipinski definition) is 3. The van der Waals surface area contributed by atoms with Crippen LogP contribution in [0, 0.1) is 0 Å². The van der Waals surface area contributed by atoms with Crippen LogP contribution in [0.4, 0.5) is 0 Å². The Morgan fingerprint density at radius 2 is 2.25 bits per heavy atom. The van der Waals surface area contributed by atoms with Crippen LogP contribution in [0.5, 0.6) is 0 Å². The van der Waals surface area contributed by atoms with E-state index < -0.39 is 24.0 Å². The van der Waals surface area contributed by atoms with Gasteiger partial charge in [0, 0.05) is 6.54 Å². The van der Waals surface area contributed by atoms with Gasteiger partial charge in [-0.15, -0.1) is 0 Å². The average Bonchev–Trinajstić information content (AvgIpc) is 2.37. The summed E-state index contributed by atoms with van der Waals surface area (Å²) in [6, 6.07) is -0.392. The molecule has 0 aromatic rings. The maximum atomic E-state index is 9.63. The summed E-state index contributed by atoms with van der Waals surface area (Å²) in [6.45, 7) is 0.207. The van der Waals surface area contributed by atoms with Crippen LogP contribution in [-0.2, 0) is 4.74 Å². The van der Waals surface area contributed by atoms with Gasteiger partial charge in [-0.3, -0.25) is 4.90 Å². The van der Waals surface area contributed by atoms with E-state index in [1.807, 2.05) is 0 Å². The minimum absolute atomic E-state index is 0.258. The molecule has 2 heterocycles. The highest BCUT2D eigenvalue weighted by Gasteiger charge is 2.61. The molecule has 5 nitrogen and oxygen atoms in total. The quantitative estimate of drug-likeness (QED) is 0.419. The first-order valence-corrected chi connectivity index (χ1v) is 3.96. The lowest BCUT2D eigenvalue weighted by Crippen LogP contribution is -2.47. The first-order chi connectivity index (χ1) is 5.60. The fourth-order valence-corrected chi connectivity index (χ4v) is 2.14. The van der Waals surface area contributed by atoms with Crippen LogP contribution < -0.4 is 0 Å². The van der Waals surface area contributed by atoms with Crippen molar-refractivity contribution in [2.24, 2.45) is 0 Å². The largest absolute Gasteiger partial charge is 0.393 e. The topological polar surface area (TPSA) is 73.2 Å². The molecule has 2 aliphatic rings. The first kappa shape index (κ1) is 8.40. The van der Waals surface area contributed by atoms with Crippen LogP contribution in [-0.4, -0.2) is 64.5 Å². The maximum absolute atomic E-state index is 9.63. The van der Waals surface area contributed by atoms with Crippen molar-refractivity contribution >= 4 is 0 Å². The van der Waals surface area contributed by atoms with Gasteiger partial charge in [-0.1, -0.05) is 0 Å². The van der Waals surface area contributed by atoms with Gasteiger partial charge in [0.15, 0.2) is 6.29 Å². The Balaban J connectivity index is 2.28. The fraction of sp³-hybridized carbons (Fsp3) is 1.00. The maximum Gasteiger partial charge on any atom is 0.173 e.